The summed E-state index contributed by atoms with van der Waals surface area (Å²) < 4.78 is 28.4. The molecule has 0 aliphatic rings. The Morgan fingerprint density at radius 1 is 0.500 bits per heavy atom. The van der Waals surface area contributed by atoms with Gasteiger partial charge in [0.2, 0.25) is 5.78 Å². The van der Waals surface area contributed by atoms with Gasteiger partial charge in [-0.05, 0) is 119 Å². The lowest BCUT2D eigenvalue weighted by Crippen LogP contribution is -2.09. The van der Waals surface area contributed by atoms with Crippen molar-refractivity contribution in [2.45, 2.75) is 0 Å². The third-order valence-corrected chi connectivity index (χ3v) is 10.3. The predicted molar refractivity (Wildman–Crippen MR) is 210 cm³/mol. The van der Waals surface area contributed by atoms with Gasteiger partial charge in [-0.1, -0.05) is 18.2 Å². The van der Waals surface area contributed by atoms with Crippen molar-refractivity contribution in [1.82, 2.24) is 0 Å². The van der Waals surface area contributed by atoms with Gasteiger partial charge in [0, 0.05) is 37.6 Å². The van der Waals surface area contributed by atoms with Crippen LogP contribution in [0.15, 0.2) is 126 Å². The summed E-state index contributed by atoms with van der Waals surface area (Å²) in [7, 11) is 7.71. The summed E-state index contributed by atoms with van der Waals surface area (Å²) >= 11 is 3.18. The second kappa shape index (κ2) is 16.4. The summed E-state index contributed by atoms with van der Waals surface area (Å²) in [5.41, 5.74) is 4.14. The molecule has 0 radical (unpaired) electrons. The van der Waals surface area contributed by atoms with Crippen LogP contribution >= 0.6 is 22.7 Å². The summed E-state index contributed by atoms with van der Waals surface area (Å²) in [4.78, 5) is 31.6. The first-order valence-electron chi connectivity index (χ1n) is 16.2. The fraction of sp³-hybridized carbons (Fsp3) is 0.116. The Bertz CT molecular complexity index is 2230. The van der Waals surface area contributed by atoms with E-state index in [-0.39, 0.29) is 22.7 Å². The van der Waals surface area contributed by atoms with Crippen molar-refractivity contribution in [3.05, 3.63) is 148 Å². The SMILES string of the molecule is COc1ccc(C(=O)C(=CC=C(C(=O)c2c(OC)cccc2OC)c2cc(-c3cccs3)ccc2OC)c2cc(-c3cccs3)ccc2OC)cc1. The zero-order valence-electron chi connectivity index (χ0n) is 29.3. The second-order valence-electron chi connectivity index (χ2n) is 11.4. The van der Waals surface area contributed by atoms with E-state index in [4.69, 9.17) is 23.7 Å². The molecule has 2 heterocycles. The van der Waals surface area contributed by atoms with Gasteiger partial charge in [-0.3, -0.25) is 9.59 Å². The molecule has 0 atom stereocenters. The van der Waals surface area contributed by atoms with Gasteiger partial charge in [0.15, 0.2) is 5.78 Å². The maximum atomic E-state index is 14.9. The van der Waals surface area contributed by atoms with Crippen LogP contribution in [-0.4, -0.2) is 47.1 Å². The maximum Gasteiger partial charge on any atom is 0.201 e. The predicted octanol–water partition coefficient (Wildman–Crippen LogP) is 10.4. The van der Waals surface area contributed by atoms with Crippen LogP contribution in [0.4, 0.5) is 0 Å². The number of thiophene rings is 2. The molecule has 6 aromatic rings. The Labute approximate surface area is 311 Å². The molecule has 2 aromatic heterocycles. The minimum atomic E-state index is -0.386. The van der Waals surface area contributed by atoms with E-state index in [9.17, 15) is 9.59 Å². The highest BCUT2D eigenvalue weighted by Gasteiger charge is 2.26. The third kappa shape index (κ3) is 7.42. The molecule has 7 nitrogen and oxygen atoms in total. The minimum Gasteiger partial charge on any atom is -0.497 e. The number of carbonyl (C=O) groups is 2. The molecule has 0 fully saturated rings. The van der Waals surface area contributed by atoms with Crippen molar-refractivity contribution >= 4 is 45.4 Å². The number of hydrogen-bond acceptors (Lipinski definition) is 9. The van der Waals surface area contributed by atoms with E-state index in [2.05, 4.69) is 0 Å². The van der Waals surface area contributed by atoms with Gasteiger partial charge in [-0.25, -0.2) is 0 Å². The van der Waals surface area contributed by atoms with Crippen molar-refractivity contribution in [3.8, 4) is 49.6 Å². The van der Waals surface area contributed by atoms with Gasteiger partial charge in [0.1, 0.15) is 34.3 Å². The van der Waals surface area contributed by atoms with Crippen molar-refractivity contribution in [2.24, 2.45) is 0 Å². The molecule has 0 saturated carbocycles. The first-order valence-corrected chi connectivity index (χ1v) is 18.0. The first-order chi connectivity index (χ1) is 25.4. The Balaban J connectivity index is 1.64. The standard InChI is InChI=1S/C43H36O7S2/c1-46-30-17-13-27(14-18-30)42(44)31(33-25-28(15-21-35(33)47-2)39-11-7-23-51-39)19-20-32(43(45)41-37(49-4)9-6-10-38(41)50-5)34-26-29(16-22-36(34)48-3)40-12-8-24-52-40/h6-26H,1-5H3. The smallest absolute Gasteiger partial charge is 0.201 e. The van der Waals surface area contributed by atoms with Gasteiger partial charge >= 0.3 is 0 Å². The zero-order valence-corrected chi connectivity index (χ0v) is 30.9. The maximum absolute atomic E-state index is 14.9. The molecule has 6 rings (SSSR count). The monoisotopic (exact) mass is 728 g/mol. The van der Waals surface area contributed by atoms with Crippen LogP contribution in [-0.2, 0) is 0 Å². The summed E-state index contributed by atoms with van der Waals surface area (Å²) in [6, 6.07) is 31.6. The van der Waals surface area contributed by atoms with Crippen molar-refractivity contribution in [2.75, 3.05) is 35.5 Å². The van der Waals surface area contributed by atoms with Crippen LogP contribution in [0.25, 0.3) is 32.0 Å². The number of rotatable bonds is 14. The van der Waals surface area contributed by atoms with E-state index < -0.39 is 0 Å². The van der Waals surface area contributed by atoms with Crippen LogP contribution < -0.4 is 23.7 Å². The van der Waals surface area contributed by atoms with Crippen LogP contribution in [0.5, 0.6) is 28.7 Å². The normalized spacial score (nSPS) is 11.6. The minimum absolute atomic E-state index is 0.232. The number of methoxy groups -OCH3 is 5. The highest BCUT2D eigenvalue weighted by Crippen LogP contribution is 2.40. The van der Waals surface area contributed by atoms with Crippen LogP contribution in [0, 0.1) is 0 Å². The molecular formula is C43H36O7S2. The Hall–Kier alpha value is -5.90. The lowest BCUT2D eigenvalue weighted by molar-refractivity contribution is 0.104. The Morgan fingerprint density at radius 2 is 0.981 bits per heavy atom. The van der Waals surface area contributed by atoms with Crippen LogP contribution in [0.1, 0.15) is 31.8 Å². The van der Waals surface area contributed by atoms with E-state index in [1.54, 1.807) is 98.6 Å². The Morgan fingerprint density at radius 3 is 1.40 bits per heavy atom. The van der Waals surface area contributed by atoms with E-state index in [0.29, 0.717) is 51.0 Å². The number of Topliss-reactive ketones (excluding diaryl/α,β-unsaturated/α-hetero) is 2. The molecule has 9 heteroatoms. The molecule has 0 unspecified atom stereocenters. The largest absolute Gasteiger partial charge is 0.497 e. The van der Waals surface area contributed by atoms with Crippen LogP contribution in [0.2, 0.25) is 0 Å². The molecule has 0 aliphatic heterocycles. The summed E-state index contributed by atoms with van der Waals surface area (Å²) in [6.45, 7) is 0. The Kier molecular flexibility index (Phi) is 11.3. The van der Waals surface area contributed by atoms with Gasteiger partial charge in [0.25, 0.3) is 0 Å². The van der Waals surface area contributed by atoms with Crippen molar-refractivity contribution in [1.29, 1.82) is 0 Å². The zero-order chi connectivity index (χ0) is 36.6. The number of allylic oxidation sites excluding steroid dienone is 4. The van der Waals surface area contributed by atoms with Gasteiger partial charge in [0.05, 0.1) is 35.5 Å². The van der Waals surface area contributed by atoms with Crippen LogP contribution in [0.3, 0.4) is 0 Å². The van der Waals surface area contributed by atoms with E-state index in [1.165, 1.54) is 14.2 Å². The topological polar surface area (TPSA) is 80.3 Å². The van der Waals surface area contributed by atoms with E-state index >= 15 is 0 Å². The molecule has 0 saturated heterocycles. The molecule has 0 aliphatic carbocycles. The average Bonchev–Trinajstić information content (AvgIpc) is 3.95. The molecule has 0 bridgehead atoms. The van der Waals surface area contributed by atoms with Crippen molar-refractivity contribution < 1.29 is 33.3 Å². The fourth-order valence-corrected chi connectivity index (χ4v) is 7.33. The lowest BCUT2D eigenvalue weighted by atomic mass is 9.90. The lowest BCUT2D eigenvalue weighted by Gasteiger charge is -2.17. The van der Waals surface area contributed by atoms with Gasteiger partial charge in [-0.2, -0.15) is 0 Å². The summed E-state index contributed by atoms with van der Waals surface area (Å²) in [6.07, 6.45) is 3.34. The highest BCUT2D eigenvalue weighted by molar-refractivity contribution is 7.13. The summed E-state index contributed by atoms with van der Waals surface area (Å²) in [5.74, 6) is 1.61. The molecule has 0 amide bonds. The fourth-order valence-electron chi connectivity index (χ4n) is 5.88. The number of carbonyl (C=O) groups excluding carboxylic acids is 2. The quantitative estimate of drug-likeness (QED) is 0.0627. The number of ketones is 2. The van der Waals surface area contributed by atoms with Gasteiger partial charge in [-0.15, -0.1) is 22.7 Å². The molecular weight excluding hydrogens is 693 g/mol. The molecule has 4 aromatic carbocycles. The summed E-state index contributed by atoms with van der Waals surface area (Å²) in [5, 5.41) is 4.00. The third-order valence-electron chi connectivity index (χ3n) is 8.50. The highest BCUT2D eigenvalue weighted by atomic mass is 32.1. The molecule has 262 valence electrons. The molecule has 0 N–H and O–H groups in total. The number of benzene rings is 4. The molecule has 52 heavy (non-hydrogen) atoms. The second-order valence-corrected chi connectivity index (χ2v) is 13.3. The van der Waals surface area contributed by atoms with Crippen molar-refractivity contribution in [3.63, 3.8) is 0 Å². The first kappa shape index (κ1) is 35.9. The van der Waals surface area contributed by atoms with E-state index in [0.717, 1.165) is 20.9 Å². The number of hydrogen-bond donors (Lipinski definition) is 0. The number of ether oxygens (including phenoxy) is 5. The van der Waals surface area contributed by atoms with E-state index in [1.807, 2.05) is 71.4 Å². The average molecular weight is 729 g/mol. The molecule has 0 spiro atoms. The van der Waals surface area contributed by atoms with Gasteiger partial charge < -0.3 is 23.7 Å².